The van der Waals surface area contributed by atoms with Gasteiger partial charge in [0.1, 0.15) is 6.10 Å². The highest BCUT2D eigenvalue weighted by Gasteiger charge is 2.73. The van der Waals surface area contributed by atoms with E-state index in [1.807, 2.05) is 16.7 Å². The second-order valence-corrected chi connectivity index (χ2v) is 10.8. The smallest absolute Gasteiger partial charge is 0.194 e. The number of rotatable bonds is 3. The molecule has 3 heterocycles. The summed E-state index contributed by atoms with van der Waals surface area (Å²) in [6.45, 7) is 5.56. The number of aryl methyl sites for hydroxylation is 1. The molecule has 0 amide bonds. The predicted molar refractivity (Wildman–Crippen MR) is 124 cm³/mol. The highest BCUT2D eigenvalue weighted by atomic mass is 16.5. The summed E-state index contributed by atoms with van der Waals surface area (Å²) in [6, 6.07) is 3.66. The number of ether oxygens (including phenoxy) is 1. The highest BCUT2D eigenvalue weighted by molar-refractivity contribution is 5.62. The number of phenols is 1. The summed E-state index contributed by atoms with van der Waals surface area (Å²) < 4.78 is 8.68. The molecule has 1 saturated carbocycles. The minimum Gasteiger partial charge on any atom is -0.504 e. The van der Waals surface area contributed by atoms with Crippen LogP contribution in [0.4, 0.5) is 0 Å². The summed E-state index contributed by atoms with van der Waals surface area (Å²) in [4.78, 5) is 2.37. The van der Waals surface area contributed by atoms with Gasteiger partial charge in [-0.1, -0.05) is 12.1 Å². The number of likely N-dealkylation sites (tertiary alicyclic amines) is 1. The highest BCUT2D eigenvalue weighted by Crippen LogP contribution is 2.67. The zero-order chi connectivity index (χ0) is 22.5. The van der Waals surface area contributed by atoms with Crippen LogP contribution >= 0.6 is 0 Å². The van der Waals surface area contributed by atoms with Crippen LogP contribution in [-0.2, 0) is 24.7 Å². The number of nitrogens with zero attached hydrogens (tertiary/aromatic N) is 2. The third-order valence-electron chi connectivity index (χ3n) is 9.58. The largest absolute Gasteiger partial charge is 0.504 e. The first-order chi connectivity index (χ1) is 16.0. The molecule has 0 unspecified atom stereocenters. The van der Waals surface area contributed by atoms with E-state index in [-0.39, 0.29) is 23.9 Å². The van der Waals surface area contributed by atoms with Crippen LogP contribution in [0, 0.1) is 0 Å². The summed E-state index contributed by atoms with van der Waals surface area (Å²) in [6.07, 6.45) is 10.8. The Kier molecular flexibility index (Phi) is 3.98. The molecular weight excluding hydrogens is 416 g/mol. The maximum absolute atomic E-state index is 12.5. The Balaban J connectivity index is 1.42. The lowest BCUT2D eigenvalue weighted by atomic mass is 9.48. The van der Waals surface area contributed by atoms with Gasteiger partial charge in [0.05, 0.1) is 17.1 Å². The minimum atomic E-state index is -0.941. The number of fused-ring (bicyclic) bond motifs is 1. The van der Waals surface area contributed by atoms with Crippen LogP contribution in [0.2, 0.25) is 0 Å². The van der Waals surface area contributed by atoms with Gasteiger partial charge < -0.3 is 24.6 Å². The predicted octanol–water partition coefficient (Wildman–Crippen LogP) is 3.36. The van der Waals surface area contributed by atoms with Crippen molar-refractivity contribution in [3.8, 4) is 17.4 Å². The molecule has 2 fully saturated rings. The molecule has 2 aromatic rings. The molecule has 33 heavy (non-hydrogen) atoms. The van der Waals surface area contributed by atoms with Gasteiger partial charge in [0.25, 0.3) is 0 Å². The third kappa shape index (κ3) is 2.27. The molecule has 174 valence electrons. The van der Waals surface area contributed by atoms with E-state index in [4.69, 9.17) is 4.74 Å². The second-order valence-electron chi connectivity index (χ2n) is 10.8. The first-order valence-electron chi connectivity index (χ1n) is 12.5. The Morgan fingerprint density at radius 2 is 2.00 bits per heavy atom. The van der Waals surface area contributed by atoms with Crippen LogP contribution in [-0.4, -0.2) is 55.6 Å². The van der Waals surface area contributed by atoms with Gasteiger partial charge in [-0.3, -0.25) is 4.90 Å². The molecule has 0 radical (unpaired) electrons. The molecule has 5 atom stereocenters. The maximum atomic E-state index is 12.5. The van der Waals surface area contributed by atoms with Crippen molar-refractivity contribution in [2.45, 2.75) is 80.6 Å². The number of aromatic hydroxyl groups is 2. The van der Waals surface area contributed by atoms with E-state index in [1.165, 1.54) is 11.1 Å². The summed E-state index contributed by atoms with van der Waals surface area (Å²) in [5, 5.41) is 34.5. The number of phenolic OH excluding ortho intramolecular Hbond substituents is 1. The van der Waals surface area contributed by atoms with Crippen molar-refractivity contribution in [1.82, 2.24) is 9.47 Å². The first kappa shape index (κ1) is 20.0. The first-order valence-corrected chi connectivity index (χ1v) is 12.5. The summed E-state index contributed by atoms with van der Waals surface area (Å²) in [5.41, 5.74) is 3.00. The van der Waals surface area contributed by atoms with Gasteiger partial charge in [0.15, 0.2) is 17.4 Å². The number of aromatic nitrogens is 1. The topological polar surface area (TPSA) is 78.1 Å². The van der Waals surface area contributed by atoms with Crippen LogP contribution in [0.15, 0.2) is 31.0 Å². The summed E-state index contributed by atoms with van der Waals surface area (Å²) >= 11 is 0. The van der Waals surface area contributed by atoms with Gasteiger partial charge >= 0.3 is 0 Å². The zero-order valence-electron chi connectivity index (χ0n) is 19.0. The van der Waals surface area contributed by atoms with E-state index < -0.39 is 11.0 Å². The van der Waals surface area contributed by atoms with Gasteiger partial charge in [-0.25, -0.2) is 0 Å². The van der Waals surface area contributed by atoms with Crippen molar-refractivity contribution in [1.29, 1.82) is 0 Å². The van der Waals surface area contributed by atoms with Gasteiger partial charge in [-0.15, -0.1) is 6.58 Å². The molecule has 1 aromatic carbocycles. The molecule has 3 aliphatic carbocycles. The van der Waals surface area contributed by atoms with Crippen LogP contribution in [0.5, 0.6) is 17.4 Å². The average Bonchev–Trinajstić information content (AvgIpc) is 3.33. The van der Waals surface area contributed by atoms with Crippen molar-refractivity contribution in [3.05, 3.63) is 53.2 Å². The molecular formula is C27H32N2O4. The molecule has 6 nitrogen and oxygen atoms in total. The Morgan fingerprint density at radius 3 is 2.82 bits per heavy atom. The third-order valence-corrected chi connectivity index (χ3v) is 9.58. The molecule has 1 saturated heterocycles. The van der Waals surface area contributed by atoms with Crippen LogP contribution in [0.1, 0.15) is 60.4 Å². The molecule has 2 aliphatic heterocycles. The lowest BCUT2D eigenvalue weighted by Crippen LogP contribution is -2.76. The molecule has 3 N–H and O–H groups in total. The SMILES string of the molecule is C=CCN1CC[C@]23c4c5ccc(O)c4O[C@H]2[C@H](n2cc4c(c2O)CCCC4)CC[C@@]3(O)[C@H]1C5. The minimum absolute atomic E-state index is 0.00856. The van der Waals surface area contributed by atoms with E-state index in [1.54, 1.807) is 6.07 Å². The summed E-state index contributed by atoms with van der Waals surface area (Å²) in [5.74, 6) is 1.08. The number of benzene rings is 1. The van der Waals surface area contributed by atoms with E-state index in [0.717, 1.165) is 69.2 Å². The number of hydrogen-bond donors (Lipinski definition) is 3. The quantitative estimate of drug-likeness (QED) is 0.628. The van der Waals surface area contributed by atoms with Crippen molar-refractivity contribution < 1.29 is 20.1 Å². The fourth-order valence-electron chi connectivity index (χ4n) is 8.24. The molecule has 1 spiro atoms. The monoisotopic (exact) mass is 448 g/mol. The Hall–Kier alpha value is -2.44. The van der Waals surface area contributed by atoms with Crippen molar-refractivity contribution in [2.75, 3.05) is 13.1 Å². The molecule has 5 aliphatic rings. The standard InChI is InChI=1S/C27H32N2O4/c1-2-12-28-13-11-26-22-16-7-8-20(30)23(22)33-24(26)19(9-10-27(26,32)21(28)14-16)29-15-17-5-3-4-6-18(17)25(29)31/h2,7-8,15,19,21,24,30-32H,1,3-6,9-14H2/t19-,21-,24+,26+,27-/m1/s1. The van der Waals surface area contributed by atoms with E-state index in [0.29, 0.717) is 18.1 Å². The molecule has 6 heteroatoms. The second kappa shape index (κ2) is 6.57. The fourth-order valence-corrected chi connectivity index (χ4v) is 8.24. The van der Waals surface area contributed by atoms with Crippen LogP contribution in [0.3, 0.4) is 0 Å². The average molecular weight is 449 g/mol. The van der Waals surface area contributed by atoms with Crippen LogP contribution in [0.25, 0.3) is 0 Å². The van der Waals surface area contributed by atoms with Gasteiger partial charge in [-0.05, 0) is 75.1 Å². The fraction of sp³-hybridized carbons (Fsp3) is 0.556. The van der Waals surface area contributed by atoms with Gasteiger partial charge in [-0.2, -0.15) is 0 Å². The lowest BCUT2D eigenvalue weighted by molar-refractivity contribution is -0.193. The molecule has 7 rings (SSSR count). The number of aliphatic hydroxyl groups is 1. The Morgan fingerprint density at radius 1 is 1.15 bits per heavy atom. The number of hydrogen-bond acceptors (Lipinski definition) is 5. The zero-order valence-corrected chi connectivity index (χ0v) is 19.0. The Bertz CT molecular complexity index is 1170. The van der Waals surface area contributed by atoms with E-state index in [9.17, 15) is 15.3 Å². The maximum Gasteiger partial charge on any atom is 0.194 e. The van der Waals surface area contributed by atoms with Gasteiger partial charge in [0, 0.05) is 29.9 Å². The van der Waals surface area contributed by atoms with Gasteiger partial charge in [0.2, 0.25) is 0 Å². The van der Waals surface area contributed by atoms with Crippen LogP contribution < -0.4 is 4.74 Å². The van der Waals surface area contributed by atoms with E-state index >= 15 is 0 Å². The Labute approximate surface area is 194 Å². The van der Waals surface area contributed by atoms with Crippen molar-refractivity contribution in [2.24, 2.45) is 0 Å². The number of piperidine rings is 1. The molecule has 1 aromatic heterocycles. The normalized spacial score (nSPS) is 36.1. The van der Waals surface area contributed by atoms with E-state index in [2.05, 4.69) is 17.7 Å². The van der Waals surface area contributed by atoms with Crippen molar-refractivity contribution >= 4 is 0 Å². The van der Waals surface area contributed by atoms with Crippen molar-refractivity contribution in [3.63, 3.8) is 0 Å². The molecule has 2 bridgehead atoms. The lowest BCUT2D eigenvalue weighted by Gasteiger charge is -2.64. The summed E-state index contributed by atoms with van der Waals surface area (Å²) in [7, 11) is 0.